The zero-order valence-corrected chi connectivity index (χ0v) is 14.6. The van der Waals surface area contributed by atoms with Crippen molar-refractivity contribution in [3.05, 3.63) is 51.4 Å². The molecule has 1 N–H and O–H groups in total. The number of ether oxygens (including phenoxy) is 1. The third-order valence-corrected chi connectivity index (χ3v) is 5.42. The van der Waals surface area contributed by atoms with Crippen molar-refractivity contribution in [2.24, 2.45) is 0 Å². The second-order valence-corrected chi connectivity index (χ2v) is 7.03. The summed E-state index contributed by atoms with van der Waals surface area (Å²) in [4.78, 5) is 24.5. The van der Waals surface area contributed by atoms with Crippen LogP contribution in [0.3, 0.4) is 0 Å². The average molecular weight is 355 g/mol. The number of thiophene rings is 1. The van der Waals surface area contributed by atoms with Gasteiger partial charge in [-0.25, -0.2) is 4.79 Å². The number of furan rings is 1. The summed E-state index contributed by atoms with van der Waals surface area (Å²) in [7, 11) is 1.32. The van der Waals surface area contributed by atoms with Crippen LogP contribution in [-0.2, 0) is 28.8 Å². The molecule has 1 aromatic carbocycles. The zero-order valence-electron chi connectivity index (χ0n) is 13.8. The van der Waals surface area contributed by atoms with Crippen molar-refractivity contribution < 1.29 is 18.7 Å². The van der Waals surface area contributed by atoms with Gasteiger partial charge in [-0.3, -0.25) is 4.79 Å². The predicted octanol–water partition coefficient (Wildman–Crippen LogP) is 3.95. The summed E-state index contributed by atoms with van der Waals surface area (Å²) in [5.74, 6) is -0.638. The molecule has 1 amide bonds. The number of aryl methyl sites for hydroxylation is 2. The van der Waals surface area contributed by atoms with Gasteiger partial charge in [0.05, 0.1) is 25.5 Å². The van der Waals surface area contributed by atoms with E-state index in [4.69, 9.17) is 9.15 Å². The molecule has 128 valence electrons. The van der Waals surface area contributed by atoms with Crippen LogP contribution in [0.4, 0.5) is 5.69 Å². The van der Waals surface area contributed by atoms with Gasteiger partial charge < -0.3 is 14.5 Å². The number of fused-ring (bicyclic) bond motifs is 2. The summed E-state index contributed by atoms with van der Waals surface area (Å²) in [5, 5.41) is 5.53. The van der Waals surface area contributed by atoms with Crippen molar-refractivity contribution >= 4 is 39.9 Å². The smallest absolute Gasteiger partial charge is 0.350 e. The molecule has 6 heteroatoms. The molecule has 0 radical (unpaired) electrons. The third-order valence-electron chi connectivity index (χ3n) is 4.53. The maximum atomic E-state index is 12.4. The molecule has 2 heterocycles. The summed E-state index contributed by atoms with van der Waals surface area (Å²) >= 11 is 1.24. The van der Waals surface area contributed by atoms with Crippen LogP contribution in [0.5, 0.6) is 0 Å². The molecule has 3 aromatic rings. The molecule has 25 heavy (non-hydrogen) atoms. The lowest BCUT2D eigenvalue weighted by molar-refractivity contribution is -0.115. The van der Waals surface area contributed by atoms with Gasteiger partial charge in [-0.15, -0.1) is 11.3 Å². The second kappa shape index (κ2) is 6.37. The number of carbonyl (C=O) groups excluding carboxylic acids is 2. The SMILES string of the molecule is COC(=O)c1sccc1NC(=O)Cc1coc2cc3c(cc12)CCC3. The predicted molar refractivity (Wildman–Crippen MR) is 96.2 cm³/mol. The summed E-state index contributed by atoms with van der Waals surface area (Å²) in [5.41, 5.74) is 4.86. The lowest BCUT2D eigenvalue weighted by Gasteiger charge is -2.05. The van der Waals surface area contributed by atoms with E-state index in [0.717, 1.165) is 29.4 Å². The molecule has 0 atom stereocenters. The number of esters is 1. The first-order valence-corrected chi connectivity index (χ1v) is 9.01. The molecule has 0 fully saturated rings. The van der Waals surface area contributed by atoms with Crippen LogP contribution >= 0.6 is 11.3 Å². The van der Waals surface area contributed by atoms with Crippen LogP contribution in [0, 0.1) is 0 Å². The van der Waals surface area contributed by atoms with E-state index in [9.17, 15) is 9.59 Å². The van der Waals surface area contributed by atoms with E-state index in [-0.39, 0.29) is 12.3 Å². The number of amides is 1. The van der Waals surface area contributed by atoms with Crippen LogP contribution in [-0.4, -0.2) is 19.0 Å². The summed E-state index contributed by atoms with van der Waals surface area (Å²) < 4.78 is 10.4. The van der Waals surface area contributed by atoms with E-state index in [2.05, 4.69) is 17.4 Å². The number of carbonyl (C=O) groups is 2. The van der Waals surface area contributed by atoms with Crippen LogP contribution < -0.4 is 5.32 Å². The van der Waals surface area contributed by atoms with Crippen molar-refractivity contribution in [2.75, 3.05) is 12.4 Å². The Morgan fingerprint density at radius 2 is 2.08 bits per heavy atom. The number of rotatable bonds is 4. The van der Waals surface area contributed by atoms with Crippen molar-refractivity contribution in [2.45, 2.75) is 25.7 Å². The molecule has 0 spiro atoms. The van der Waals surface area contributed by atoms with Crippen molar-refractivity contribution in [1.29, 1.82) is 0 Å². The van der Waals surface area contributed by atoms with Gasteiger partial charge in [-0.2, -0.15) is 0 Å². The number of benzene rings is 1. The Labute approximate surface area is 148 Å². The fourth-order valence-corrected chi connectivity index (χ4v) is 4.08. The Bertz CT molecular complexity index is 969. The highest BCUT2D eigenvalue weighted by Crippen LogP contribution is 2.31. The highest BCUT2D eigenvalue weighted by Gasteiger charge is 2.19. The average Bonchev–Trinajstić information content (AvgIpc) is 3.32. The molecular formula is C19H17NO4S. The fourth-order valence-electron chi connectivity index (χ4n) is 3.31. The summed E-state index contributed by atoms with van der Waals surface area (Å²) in [6.07, 6.45) is 5.19. The van der Waals surface area contributed by atoms with Crippen LogP contribution in [0.25, 0.3) is 11.0 Å². The van der Waals surface area contributed by atoms with Gasteiger partial charge >= 0.3 is 5.97 Å². The molecule has 0 aliphatic heterocycles. The van der Waals surface area contributed by atoms with Gasteiger partial charge in [-0.05, 0) is 54.0 Å². The lowest BCUT2D eigenvalue weighted by atomic mass is 10.0. The Morgan fingerprint density at radius 1 is 1.28 bits per heavy atom. The van der Waals surface area contributed by atoms with E-state index < -0.39 is 5.97 Å². The molecular weight excluding hydrogens is 338 g/mol. The third kappa shape index (κ3) is 2.93. The second-order valence-electron chi connectivity index (χ2n) is 6.11. The Hall–Kier alpha value is -2.60. The molecule has 5 nitrogen and oxygen atoms in total. The summed E-state index contributed by atoms with van der Waals surface area (Å²) in [6, 6.07) is 5.94. The van der Waals surface area contributed by atoms with Crippen molar-refractivity contribution in [3.8, 4) is 0 Å². The topological polar surface area (TPSA) is 68.5 Å². The van der Waals surface area contributed by atoms with E-state index in [1.54, 1.807) is 17.7 Å². The molecule has 1 aliphatic carbocycles. The monoisotopic (exact) mass is 355 g/mol. The van der Waals surface area contributed by atoms with Crippen LogP contribution in [0.2, 0.25) is 0 Å². The van der Waals surface area contributed by atoms with Crippen molar-refractivity contribution in [1.82, 2.24) is 0 Å². The highest BCUT2D eigenvalue weighted by molar-refractivity contribution is 7.12. The van der Waals surface area contributed by atoms with Gasteiger partial charge in [0.15, 0.2) is 0 Å². The first-order valence-electron chi connectivity index (χ1n) is 8.13. The van der Waals surface area contributed by atoms with E-state index in [1.165, 1.54) is 36.0 Å². The molecule has 4 rings (SSSR count). The van der Waals surface area contributed by atoms with Crippen LogP contribution in [0.15, 0.2) is 34.3 Å². The maximum Gasteiger partial charge on any atom is 0.350 e. The molecule has 0 saturated carbocycles. The van der Waals surface area contributed by atoms with Crippen LogP contribution in [0.1, 0.15) is 32.8 Å². The quantitative estimate of drug-likeness (QED) is 0.720. The zero-order chi connectivity index (χ0) is 17.4. The van der Waals surface area contributed by atoms with Gasteiger partial charge in [0, 0.05) is 10.9 Å². The minimum atomic E-state index is -0.449. The number of nitrogens with one attached hydrogen (secondary N) is 1. The van der Waals surface area contributed by atoms with Gasteiger partial charge in [0.25, 0.3) is 0 Å². The van der Waals surface area contributed by atoms with E-state index in [1.807, 2.05) is 0 Å². The Morgan fingerprint density at radius 3 is 2.88 bits per heavy atom. The minimum absolute atomic E-state index is 0.188. The van der Waals surface area contributed by atoms with Gasteiger partial charge in [0.1, 0.15) is 10.5 Å². The van der Waals surface area contributed by atoms with Gasteiger partial charge in [-0.1, -0.05) is 0 Å². The summed E-state index contributed by atoms with van der Waals surface area (Å²) in [6.45, 7) is 0. The molecule has 1 aliphatic rings. The molecule has 2 aromatic heterocycles. The largest absolute Gasteiger partial charge is 0.465 e. The van der Waals surface area contributed by atoms with Crippen molar-refractivity contribution in [3.63, 3.8) is 0 Å². The molecule has 0 unspecified atom stereocenters. The van der Waals surface area contributed by atoms with E-state index >= 15 is 0 Å². The first-order chi connectivity index (χ1) is 12.2. The Balaban J connectivity index is 1.55. The maximum absolute atomic E-state index is 12.4. The Kier molecular flexibility index (Phi) is 4.05. The van der Waals surface area contributed by atoms with Gasteiger partial charge in [0.2, 0.25) is 5.91 Å². The van der Waals surface area contributed by atoms with E-state index in [0.29, 0.717) is 10.6 Å². The normalized spacial score (nSPS) is 13.0. The number of anilines is 1. The molecule has 0 saturated heterocycles. The highest BCUT2D eigenvalue weighted by atomic mass is 32.1. The standard InChI is InChI=1S/C19H17NO4S/c1-23-19(22)18-15(5-6-25-18)20-17(21)9-13-10-24-16-8-12-4-2-3-11(12)7-14(13)16/h5-8,10H,2-4,9H2,1H3,(H,20,21). The fraction of sp³-hybridized carbons (Fsp3) is 0.263. The number of hydrogen-bond donors (Lipinski definition) is 1. The lowest BCUT2D eigenvalue weighted by Crippen LogP contribution is -2.15. The number of hydrogen-bond acceptors (Lipinski definition) is 5. The number of methoxy groups -OCH3 is 1. The first kappa shape index (κ1) is 15.9. The molecule has 0 bridgehead atoms. The minimum Gasteiger partial charge on any atom is -0.465 e.